The SMILES string of the molecule is COC1CNC(=O)N(c2cccc(Cl)c2)C(=O)C1. The van der Waals surface area contributed by atoms with Crippen molar-refractivity contribution < 1.29 is 14.3 Å². The summed E-state index contributed by atoms with van der Waals surface area (Å²) in [7, 11) is 1.51. The van der Waals surface area contributed by atoms with E-state index < -0.39 is 6.03 Å². The first-order valence-electron chi connectivity index (χ1n) is 5.51. The van der Waals surface area contributed by atoms with E-state index in [-0.39, 0.29) is 18.4 Å². The Hall–Kier alpha value is -1.59. The lowest BCUT2D eigenvalue weighted by Gasteiger charge is -2.18. The molecule has 2 rings (SSSR count). The fourth-order valence-electron chi connectivity index (χ4n) is 1.79. The molecule has 0 saturated carbocycles. The molecule has 1 aromatic carbocycles. The number of ether oxygens (including phenoxy) is 1. The minimum absolute atomic E-state index is 0.155. The number of anilines is 1. The maximum Gasteiger partial charge on any atom is 0.328 e. The lowest BCUT2D eigenvalue weighted by atomic mass is 10.2. The number of rotatable bonds is 2. The van der Waals surface area contributed by atoms with Gasteiger partial charge in [0.15, 0.2) is 0 Å². The van der Waals surface area contributed by atoms with Crippen molar-refractivity contribution in [1.82, 2.24) is 5.32 Å². The van der Waals surface area contributed by atoms with E-state index in [1.54, 1.807) is 24.3 Å². The monoisotopic (exact) mass is 268 g/mol. The van der Waals surface area contributed by atoms with E-state index in [0.29, 0.717) is 17.3 Å². The lowest BCUT2D eigenvalue weighted by Crippen LogP contribution is -2.41. The van der Waals surface area contributed by atoms with E-state index in [1.165, 1.54) is 7.11 Å². The number of methoxy groups -OCH3 is 1. The fourth-order valence-corrected chi connectivity index (χ4v) is 1.98. The number of urea groups is 1. The molecule has 0 spiro atoms. The van der Waals surface area contributed by atoms with Crippen LogP contribution in [-0.2, 0) is 9.53 Å². The van der Waals surface area contributed by atoms with E-state index in [4.69, 9.17) is 16.3 Å². The van der Waals surface area contributed by atoms with Crippen LogP contribution in [0.1, 0.15) is 6.42 Å². The van der Waals surface area contributed by atoms with Gasteiger partial charge in [0.05, 0.1) is 18.2 Å². The zero-order valence-corrected chi connectivity index (χ0v) is 10.6. The van der Waals surface area contributed by atoms with Gasteiger partial charge in [0.1, 0.15) is 0 Å². The zero-order valence-electron chi connectivity index (χ0n) is 9.85. The second kappa shape index (κ2) is 5.37. The minimum atomic E-state index is -0.457. The Morgan fingerprint density at radius 3 is 2.89 bits per heavy atom. The predicted octanol–water partition coefficient (Wildman–Crippen LogP) is 1.80. The minimum Gasteiger partial charge on any atom is -0.379 e. The van der Waals surface area contributed by atoms with Crippen LogP contribution in [0.3, 0.4) is 0 Å². The molecule has 3 amide bonds. The number of benzene rings is 1. The van der Waals surface area contributed by atoms with Crippen molar-refractivity contribution in [2.75, 3.05) is 18.6 Å². The first kappa shape index (κ1) is 12.9. The summed E-state index contributed by atoms with van der Waals surface area (Å²) in [6.45, 7) is 0.318. The standard InChI is InChI=1S/C12H13ClN2O3/c1-18-10-6-11(16)15(12(17)14-7-10)9-4-2-3-8(13)5-9/h2-5,10H,6-7H2,1H3,(H,14,17). The van der Waals surface area contributed by atoms with Gasteiger partial charge in [0.2, 0.25) is 5.91 Å². The van der Waals surface area contributed by atoms with Gasteiger partial charge in [0.25, 0.3) is 0 Å². The second-order valence-electron chi connectivity index (χ2n) is 3.96. The first-order chi connectivity index (χ1) is 8.61. The summed E-state index contributed by atoms with van der Waals surface area (Å²) in [5.74, 6) is -0.306. The molecule has 1 fully saturated rings. The van der Waals surface area contributed by atoms with Gasteiger partial charge in [0, 0.05) is 18.7 Å². The maximum absolute atomic E-state index is 12.0. The third kappa shape index (κ3) is 2.63. The average Bonchev–Trinajstić information content (AvgIpc) is 2.48. The van der Waals surface area contributed by atoms with Crippen LogP contribution in [0, 0.1) is 0 Å². The van der Waals surface area contributed by atoms with Crippen LogP contribution >= 0.6 is 11.6 Å². The smallest absolute Gasteiger partial charge is 0.328 e. The Morgan fingerprint density at radius 2 is 2.22 bits per heavy atom. The van der Waals surface area contributed by atoms with E-state index >= 15 is 0 Å². The van der Waals surface area contributed by atoms with Gasteiger partial charge in [-0.1, -0.05) is 17.7 Å². The van der Waals surface area contributed by atoms with Crippen LogP contribution in [0.15, 0.2) is 24.3 Å². The Bertz CT molecular complexity index is 478. The van der Waals surface area contributed by atoms with Crippen LogP contribution in [0.2, 0.25) is 5.02 Å². The van der Waals surface area contributed by atoms with E-state index in [1.807, 2.05) is 0 Å². The number of carbonyl (C=O) groups is 2. The first-order valence-corrected chi connectivity index (χ1v) is 5.88. The highest BCUT2D eigenvalue weighted by atomic mass is 35.5. The summed E-state index contributed by atoms with van der Waals surface area (Å²) in [6.07, 6.45) is -0.146. The van der Waals surface area contributed by atoms with Crippen LogP contribution in [0.25, 0.3) is 0 Å². The third-order valence-corrected chi connectivity index (χ3v) is 2.97. The number of hydrogen-bond acceptors (Lipinski definition) is 3. The molecule has 1 unspecified atom stereocenters. The van der Waals surface area contributed by atoms with Gasteiger partial charge in [-0.3, -0.25) is 4.79 Å². The number of nitrogens with one attached hydrogen (secondary N) is 1. The highest BCUT2D eigenvalue weighted by Gasteiger charge is 2.30. The normalized spacial score (nSPS) is 20.6. The molecule has 1 N–H and O–H groups in total. The molecule has 0 bridgehead atoms. The number of carbonyl (C=O) groups excluding carboxylic acids is 2. The largest absolute Gasteiger partial charge is 0.379 e. The average molecular weight is 269 g/mol. The van der Waals surface area contributed by atoms with Crippen molar-refractivity contribution in [3.05, 3.63) is 29.3 Å². The predicted molar refractivity (Wildman–Crippen MR) is 67.8 cm³/mol. The summed E-state index contributed by atoms with van der Waals surface area (Å²) in [5, 5.41) is 3.11. The van der Waals surface area contributed by atoms with Crippen LogP contribution < -0.4 is 10.2 Å². The Labute approximate surface area is 110 Å². The van der Waals surface area contributed by atoms with Gasteiger partial charge < -0.3 is 10.1 Å². The van der Waals surface area contributed by atoms with Crippen molar-refractivity contribution in [3.8, 4) is 0 Å². The maximum atomic E-state index is 12.0. The number of hydrogen-bond donors (Lipinski definition) is 1. The molecule has 1 aliphatic rings. The van der Waals surface area contributed by atoms with Gasteiger partial charge in [-0.15, -0.1) is 0 Å². The molecule has 5 nitrogen and oxygen atoms in total. The van der Waals surface area contributed by atoms with Gasteiger partial charge in [-0.05, 0) is 18.2 Å². The Kier molecular flexibility index (Phi) is 3.84. The summed E-state index contributed by atoms with van der Waals surface area (Å²) in [6, 6.07) is 6.16. The molecule has 1 aliphatic heterocycles. The van der Waals surface area contributed by atoms with Crippen molar-refractivity contribution in [2.45, 2.75) is 12.5 Å². The molecular weight excluding hydrogens is 256 g/mol. The van der Waals surface area contributed by atoms with Crippen LogP contribution in [0.5, 0.6) is 0 Å². The molecular formula is C12H13ClN2O3. The van der Waals surface area contributed by atoms with Crippen LogP contribution in [0.4, 0.5) is 10.5 Å². The van der Waals surface area contributed by atoms with Crippen molar-refractivity contribution >= 4 is 29.2 Å². The highest BCUT2D eigenvalue weighted by Crippen LogP contribution is 2.22. The quantitative estimate of drug-likeness (QED) is 0.890. The highest BCUT2D eigenvalue weighted by molar-refractivity contribution is 6.31. The summed E-state index contributed by atoms with van der Waals surface area (Å²) in [4.78, 5) is 25.0. The molecule has 0 aromatic heterocycles. The van der Waals surface area contributed by atoms with E-state index in [2.05, 4.69) is 5.32 Å². The molecule has 1 saturated heterocycles. The zero-order chi connectivity index (χ0) is 13.1. The van der Waals surface area contributed by atoms with Crippen molar-refractivity contribution in [3.63, 3.8) is 0 Å². The molecule has 0 aliphatic carbocycles. The lowest BCUT2D eigenvalue weighted by molar-refractivity contribution is -0.119. The number of nitrogens with zero attached hydrogens (tertiary/aromatic N) is 1. The molecule has 6 heteroatoms. The third-order valence-electron chi connectivity index (χ3n) is 2.74. The molecule has 0 radical (unpaired) electrons. The van der Waals surface area contributed by atoms with Gasteiger partial charge >= 0.3 is 6.03 Å². The van der Waals surface area contributed by atoms with E-state index in [9.17, 15) is 9.59 Å². The molecule has 1 atom stereocenters. The van der Waals surface area contributed by atoms with Crippen molar-refractivity contribution in [1.29, 1.82) is 0 Å². The molecule has 96 valence electrons. The number of imide groups is 1. The molecule has 1 heterocycles. The molecule has 1 aromatic rings. The summed E-state index contributed by atoms with van der Waals surface area (Å²) >= 11 is 5.86. The number of halogens is 1. The van der Waals surface area contributed by atoms with Crippen LogP contribution in [-0.4, -0.2) is 31.7 Å². The second-order valence-corrected chi connectivity index (χ2v) is 4.39. The topological polar surface area (TPSA) is 58.6 Å². The summed E-state index contributed by atoms with van der Waals surface area (Å²) < 4.78 is 5.11. The van der Waals surface area contributed by atoms with Gasteiger partial charge in [-0.2, -0.15) is 0 Å². The number of amides is 3. The van der Waals surface area contributed by atoms with Gasteiger partial charge in [-0.25, -0.2) is 9.69 Å². The summed E-state index contributed by atoms with van der Waals surface area (Å²) in [5.41, 5.74) is 0.460. The molecule has 18 heavy (non-hydrogen) atoms. The Balaban J connectivity index is 2.30. The fraction of sp³-hybridized carbons (Fsp3) is 0.333. The van der Waals surface area contributed by atoms with E-state index in [0.717, 1.165) is 4.90 Å². The van der Waals surface area contributed by atoms with Crippen molar-refractivity contribution in [2.24, 2.45) is 0 Å². The Morgan fingerprint density at radius 1 is 1.44 bits per heavy atom.